The van der Waals surface area contributed by atoms with Gasteiger partial charge in [0.25, 0.3) is 0 Å². The molecule has 0 amide bonds. The molecule has 7 rings (SSSR count). The largest absolute Gasteiger partial charge is 0.455 e. The van der Waals surface area contributed by atoms with E-state index in [0.29, 0.717) is 0 Å². The summed E-state index contributed by atoms with van der Waals surface area (Å²) in [7, 11) is 2.18. The van der Waals surface area contributed by atoms with Gasteiger partial charge in [-0.1, -0.05) is 96.1 Å². The average molecular weight is 539 g/mol. The van der Waals surface area contributed by atoms with Crippen molar-refractivity contribution in [3.8, 4) is 22.8 Å². The van der Waals surface area contributed by atoms with E-state index in [0.717, 1.165) is 24.3 Å². The van der Waals surface area contributed by atoms with Gasteiger partial charge >= 0.3 is 0 Å². The van der Waals surface area contributed by atoms with E-state index in [1.165, 1.54) is 71.0 Å². The fourth-order valence-corrected chi connectivity index (χ4v) is 7.09. The molecule has 0 unspecified atom stereocenters. The number of ether oxygens (including phenoxy) is 1. The number of rotatable bonds is 2. The Balaban J connectivity index is 1.62. The zero-order chi connectivity index (χ0) is 28.8. The first-order valence-electron chi connectivity index (χ1n) is 14.9. The third kappa shape index (κ3) is 4.19. The van der Waals surface area contributed by atoms with Crippen LogP contribution in [0.4, 0.5) is 0 Å². The Kier molecular flexibility index (Phi) is 5.58. The second-order valence-electron chi connectivity index (χ2n) is 14.6. The molecule has 0 atom stereocenters. The van der Waals surface area contributed by atoms with Crippen molar-refractivity contribution in [3.63, 3.8) is 0 Å². The Labute approximate surface area is 243 Å². The van der Waals surface area contributed by atoms with Crippen LogP contribution in [0, 0.1) is 17.8 Å². The lowest BCUT2D eigenvalue weighted by molar-refractivity contribution is -0.659. The molecular weight excluding hydrogens is 498 g/mol. The molecule has 0 radical (unpaired) electrons. The molecule has 2 heteroatoms. The highest BCUT2D eigenvalue weighted by molar-refractivity contribution is 6.17. The lowest BCUT2D eigenvalue weighted by Crippen LogP contribution is -2.32. The molecule has 0 N–H and O–H groups in total. The fourth-order valence-electron chi connectivity index (χ4n) is 7.09. The van der Waals surface area contributed by atoms with Crippen molar-refractivity contribution >= 4 is 43.1 Å². The zero-order valence-electron chi connectivity index (χ0n) is 25.7. The van der Waals surface area contributed by atoms with Crippen molar-refractivity contribution in [3.05, 3.63) is 89.6 Å². The van der Waals surface area contributed by atoms with Crippen molar-refractivity contribution in [2.45, 2.75) is 61.3 Å². The Bertz CT molecular complexity index is 2050. The average Bonchev–Trinajstić information content (AvgIpc) is 2.90. The van der Waals surface area contributed by atoms with Gasteiger partial charge in [-0.2, -0.15) is 0 Å². The Morgan fingerprint density at radius 1 is 0.659 bits per heavy atom. The molecule has 0 spiro atoms. The van der Waals surface area contributed by atoms with Crippen LogP contribution in [0.15, 0.2) is 72.9 Å². The Morgan fingerprint density at radius 2 is 1.39 bits per heavy atom. The first-order chi connectivity index (χ1) is 19.4. The third-order valence-corrected chi connectivity index (χ3v) is 8.64. The van der Waals surface area contributed by atoms with Gasteiger partial charge in [-0.25, -0.2) is 4.57 Å². The summed E-state index contributed by atoms with van der Waals surface area (Å²) in [6, 6.07) is 25.0. The van der Waals surface area contributed by atoms with Crippen LogP contribution < -0.4 is 9.30 Å². The lowest BCUT2D eigenvalue weighted by Gasteiger charge is -2.29. The number of hydrogen-bond acceptors (Lipinski definition) is 1. The number of aromatic nitrogens is 1. The van der Waals surface area contributed by atoms with Crippen molar-refractivity contribution in [2.24, 2.45) is 17.9 Å². The molecule has 41 heavy (non-hydrogen) atoms. The van der Waals surface area contributed by atoms with Gasteiger partial charge in [0.2, 0.25) is 5.69 Å². The molecular formula is C39H40NO+. The molecule has 0 saturated carbocycles. The maximum atomic E-state index is 7.22. The first-order valence-corrected chi connectivity index (χ1v) is 14.9. The minimum absolute atomic E-state index is 0.0973. The van der Waals surface area contributed by atoms with E-state index in [1.807, 2.05) is 0 Å². The highest BCUT2D eigenvalue weighted by Gasteiger charge is 2.35. The number of nitrogens with zero attached hydrogens (tertiary/aromatic N) is 1. The summed E-state index contributed by atoms with van der Waals surface area (Å²) < 4.78 is 9.53. The molecule has 0 aliphatic carbocycles. The highest BCUT2D eigenvalue weighted by Crippen LogP contribution is 2.54. The molecule has 6 aromatic rings. The quantitative estimate of drug-likeness (QED) is 0.121. The van der Waals surface area contributed by atoms with E-state index < -0.39 is 0 Å². The van der Waals surface area contributed by atoms with Crippen LogP contribution in [-0.2, 0) is 19.9 Å². The Hall–Kier alpha value is -3.91. The number of pyridine rings is 1. The van der Waals surface area contributed by atoms with Crippen molar-refractivity contribution < 1.29 is 9.30 Å². The second kappa shape index (κ2) is 8.79. The summed E-state index contributed by atoms with van der Waals surface area (Å²) in [6.45, 7) is 16.2. The van der Waals surface area contributed by atoms with Gasteiger partial charge in [-0.05, 0) is 80.1 Å². The summed E-state index contributed by atoms with van der Waals surface area (Å²) >= 11 is 0. The van der Waals surface area contributed by atoms with Crippen molar-refractivity contribution in [1.82, 2.24) is 0 Å². The zero-order valence-corrected chi connectivity index (χ0v) is 25.7. The molecule has 2 nitrogen and oxygen atoms in total. The van der Waals surface area contributed by atoms with E-state index in [2.05, 4.69) is 133 Å². The van der Waals surface area contributed by atoms with E-state index in [9.17, 15) is 0 Å². The Morgan fingerprint density at radius 3 is 2.15 bits per heavy atom. The van der Waals surface area contributed by atoms with E-state index in [1.54, 1.807) is 0 Å². The number of benzene rings is 5. The normalized spacial score (nSPS) is 13.3. The van der Waals surface area contributed by atoms with Crippen molar-refractivity contribution in [2.75, 3.05) is 0 Å². The first kappa shape index (κ1) is 26.0. The van der Waals surface area contributed by atoms with E-state index >= 15 is 0 Å². The van der Waals surface area contributed by atoms with Crippen LogP contribution in [0.1, 0.15) is 58.2 Å². The predicted octanol–water partition coefficient (Wildman–Crippen LogP) is 10.4. The topological polar surface area (TPSA) is 13.1 Å². The molecule has 206 valence electrons. The molecule has 0 saturated heterocycles. The maximum absolute atomic E-state index is 7.22. The van der Waals surface area contributed by atoms with Crippen LogP contribution >= 0.6 is 0 Å². The lowest BCUT2D eigenvalue weighted by atomic mass is 9.80. The van der Waals surface area contributed by atoms with Crippen LogP contribution in [-0.4, -0.2) is 0 Å². The van der Waals surface area contributed by atoms with Crippen LogP contribution in [0.3, 0.4) is 0 Å². The molecule has 5 aromatic carbocycles. The van der Waals surface area contributed by atoms with Gasteiger partial charge < -0.3 is 4.74 Å². The predicted molar refractivity (Wildman–Crippen MR) is 174 cm³/mol. The van der Waals surface area contributed by atoms with Gasteiger partial charge in [0.1, 0.15) is 18.5 Å². The minimum Gasteiger partial charge on any atom is -0.455 e. The summed E-state index contributed by atoms with van der Waals surface area (Å²) in [6.07, 6.45) is 4.20. The standard InChI is InChI=1S/C39H40NO/c1-23-32-28-12-10-9-11-25(28)14-16-30(32)31(22-39(5,6)7)37-33(23)35-34-26(17-18-40(35)8)20-27-19-24(21-38(2,3)4)13-15-29(27)36(34)41-37/h9-20H,21-22H2,1-8H3/q+1. The van der Waals surface area contributed by atoms with Crippen LogP contribution in [0.5, 0.6) is 11.5 Å². The summed E-state index contributed by atoms with van der Waals surface area (Å²) in [5, 5.41) is 10.1. The van der Waals surface area contributed by atoms with Gasteiger partial charge in [0.05, 0.1) is 10.9 Å². The second-order valence-corrected chi connectivity index (χ2v) is 14.6. The minimum atomic E-state index is 0.0973. The molecule has 0 fully saturated rings. The molecule has 1 aliphatic rings. The van der Waals surface area contributed by atoms with Crippen LogP contribution in [0.25, 0.3) is 54.3 Å². The number of fused-ring (bicyclic) bond motifs is 7. The van der Waals surface area contributed by atoms with Gasteiger partial charge in [0.15, 0.2) is 6.20 Å². The van der Waals surface area contributed by atoms with Crippen LogP contribution in [0.2, 0.25) is 0 Å². The molecule has 0 bridgehead atoms. The smallest absolute Gasteiger partial charge is 0.228 e. The number of hydrogen-bond donors (Lipinski definition) is 0. The number of aryl methyl sites for hydroxylation is 2. The van der Waals surface area contributed by atoms with Gasteiger partial charge in [0, 0.05) is 17.0 Å². The maximum Gasteiger partial charge on any atom is 0.228 e. The van der Waals surface area contributed by atoms with Crippen molar-refractivity contribution in [1.29, 1.82) is 0 Å². The summed E-state index contributed by atoms with van der Waals surface area (Å²) in [5.74, 6) is 2.02. The summed E-state index contributed by atoms with van der Waals surface area (Å²) in [4.78, 5) is 0. The van der Waals surface area contributed by atoms with E-state index in [4.69, 9.17) is 4.74 Å². The van der Waals surface area contributed by atoms with Gasteiger partial charge in [-0.3, -0.25) is 0 Å². The monoisotopic (exact) mass is 538 g/mol. The molecule has 1 aromatic heterocycles. The fraction of sp³-hybridized carbons (Fsp3) is 0.308. The highest BCUT2D eigenvalue weighted by atomic mass is 16.5. The molecule has 2 heterocycles. The third-order valence-electron chi connectivity index (χ3n) is 8.64. The SMILES string of the molecule is Cc1c2c(c(CC(C)(C)C)c3ccc4ccccc4c13)Oc1c3ccc(CC(C)(C)C)cc3cc3cc[n+](C)c-2c13. The summed E-state index contributed by atoms with van der Waals surface area (Å²) in [5.41, 5.74) is 6.79. The van der Waals surface area contributed by atoms with E-state index in [-0.39, 0.29) is 10.8 Å². The van der Waals surface area contributed by atoms with Gasteiger partial charge in [-0.15, -0.1) is 0 Å². The molecule has 1 aliphatic heterocycles.